The van der Waals surface area contributed by atoms with Crippen LogP contribution in [-0.2, 0) is 6.42 Å². The Hall–Kier alpha value is -0.800. The van der Waals surface area contributed by atoms with E-state index in [1.807, 2.05) is 6.07 Å². The molecule has 0 radical (unpaired) electrons. The summed E-state index contributed by atoms with van der Waals surface area (Å²) < 4.78 is 5.39. The van der Waals surface area contributed by atoms with Gasteiger partial charge in [0.15, 0.2) is 0 Å². The largest absolute Gasteiger partial charge is 0.469 e. The summed E-state index contributed by atoms with van der Waals surface area (Å²) in [7, 11) is 0. The third-order valence-electron chi connectivity index (χ3n) is 3.74. The molecule has 1 saturated heterocycles. The van der Waals surface area contributed by atoms with E-state index in [0.29, 0.717) is 12.1 Å². The summed E-state index contributed by atoms with van der Waals surface area (Å²) in [6.07, 6.45) is 6.57. The molecule has 18 heavy (non-hydrogen) atoms. The van der Waals surface area contributed by atoms with Crippen molar-refractivity contribution in [1.82, 2.24) is 10.2 Å². The van der Waals surface area contributed by atoms with Crippen molar-refractivity contribution in [3.8, 4) is 0 Å². The van der Waals surface area contributed by atoms with Crippen molar-refractivity contribution in [3.05, 3.63) is 24.2 Å². The van der Waals surface area contributed by atoms with Crippen molar-refractivity contribution in [3.63, 3.8) is 0 Å². The van der Waals surface area contributed by atoms with Crippen LogP contribution in [0.1, 0.15) is 38.9 Å². The maximum atomic E-state index is 5.39. The molecule has 1 unspecified atom stereocenters. The van der Waals surface area contributed by atoms with Crippen LogP contribution in [0.3, 0.4) is 0 Å². The predicted molar refractivity (Wildman–Crippen MR) is 74.8 cm³/mol. The van der Waals surface area contributed by atoms with Crippen molar-refractivity contribution < 1.29 is 4.42 Å². The number of hydrogen-bond donors (Lipinski definition) is 1. The normalized spacial score (nSPS) is 20.1. The highest BCUT2D eigenvalue weighted by atomic mass is 16.3. The van der Waals surface area contributed by atoms with E-state index < -0.39 is 0 Å². The van der Waals surface area contributed by atoms with Gasteiger partial charge >= 0.3 is 0 Å². The summed E-state index contributed by atoms with van der Waals surface area (Å²) in [5.41, 5.74) is 0. The van der Waals surface area contributed by atoms with Crippen LogP contribution >= 0.6 is 0 Å². The number of likely N-dealkylation sites (tertiary alicyclic amines) is 1. The van der Waals surface area contributed by atoms with E-state index in [9.17, 15) is 0 Å². The first-order chi connectivity index (χ1) is 8.78. The van der Waals surface area contributed by atoms with Crippen LogP contribution in [0.25, 0.3) is 0 Å². The van der Waals surface area contributed by atoms with E-state index in [1.54, 1.807) is 6.26 Å². The predicted octanol–water partition coefficient (Wildman–Crippen LogP) is 2.67. The molecule has 0 saturated carbocycles. The molecule has 0 bridgehead atoms. The molecule has 1 atom stereocenters. The minimum absolute atomic E-state index is 0.499. The van der Waals surface area contributed by atoms with Gasteiger partial charge in [0.2, 0.25) is 0 Å². The molecule has 1 aromatic rings. The maximum Gasteiger partial charge on any atom is 0.105 e. The first-order valence-corrected chi connectivity index (χ1v) is 7.28. The van der Waals surface area contributed by atoms with Crippen LogP contribution in [0.5, 0.6) is 0 Å². The average molecular weight is 250 g/mol. The standard InChI is InChI=1S/C15H26N2O/c1-3-8-17-9-6-14(7-10-17)16-13(2)12-15-5-4-11-18-15/h4-5,11,13-14,16H,3,6-10,12H2,1-2H3. The summed E-state index contributed by atoms with van der Waals surface area (Å²) in [6.45, 7) is 8.27. The van der Waals surface area contributed by atoms with Crippen LogP contribution in [0.15, 0.2) is 22.8 Å². The molecule has 0 spiro atoms. The zero-order valence-electron chi connectivity index (χ0n) is 11.7. The molecule has 1 aromatic heterocycles. The Morgan fingerprint density at radius 1 is 1.44 bits per heavy atom. The first-order valence-electron chi connectivity index (χ1n) is 7.28. The van der Waals surface area contributed by atoms with Gasteiger partial charge < -0.3 is 14.6 Å². The molecule has 1 N–H and O–H groups in total. The minimum atomic E-state index is 0.499. The zero-order chi connectivity index (χ0) is 12.8. The van der Waals surface area contributed by atoms with Crippen LogP contribution in [-0.4, -0.2) is 36.6 Å². The number of piperidine rings is 1. The van der Waals surface area contributed by atoms with Gasteiger partial charge in [0.05, 0.1) is 6.26 Å². The quantitative estimate of drug-likeness (QED) is 0.841. The number of furan rings is 1. The fourth-order valence-electron chi connectivity index (χ4n) is 2.83. The van der Waals surface area contributed by atoms with Gasteiger partial charge in [-0.25, -0.2) is 0 Å². The Labute approximate surface area is 111 Å². The number of nitrogens with one attached hydrogen (secondary N) is 1. The van der Waals surface area contributed by atoms with Crippen molar-refractivity contribution in [2.45, 2.75) is 51.6 Å². The molecule has 1 fully saturated rings. The van der Waals surface area contributed by atoms with Crippen molar-refractivity contribution in [2.24, 2.45) is 0 Å². The summed E-state index contributed by atoms with van der Waals surface area (Å²) in [5.74, 6) is 1.08. The first kappa shape index (κ1) is 13.6. The molecular formula is C15H26N2O. The fraction of sp³-hybridized carbons (Fsp3) is 0.733. The summed E-state index contributed by atoms with van der Waals surface area (Å²) >= 11 is 0. The molecular weight excluding hydrogens is 224 g/mol. The van der Waals surface area contributed by atoms with Crippen LogP contribution < -0.4 is 5.32 Å². The molecule has 0 aliphatic carbocycles. The lowest BCUT2D eigenvalue weighted by molar-refractivity contribution is 0.191. The molecule has 3 heteroatoms. The second-order valence-electron chi connectivity index (χ2n) is 5.47. The SMILES string of the molecule is CCCN1CCC(NC(C)Cc2ccco2)CC1. The van der Waals surface area contributed by atoms with Crippen molar-refractivity contribution in [1.29, 1.82) is 0 Å². The molecule has 0 amide bonds. The second kappa shape index (κ2) is 6.95. The Morgan fingerprint density at radius 2 is 2.22 bits per heavy atom. The summed E-state index contributed by atoms with van der Waals surface area (Å²) in [6, 6.07) is 5.20. The van der Waals surface area contributed by atoms with Crippen LogP contribution in [0.2, 0.25) is 0 Å². The lowest BCUT2D eigenvalue weighted by atomic mass is 10.0. The van der Waals surface area contributed by atoms with Gasteiger partial charge in [-0.3, -0.25) is 0 Å². The van der Waals surface area contributed by atoms with Crippen LogP contribution in [0.4, 0.5) is 0 Å². The van der Waals surface area contributed by atoms with Gasteiger partial charge in [0.1, 0.15) is 5.76 Å². The van der Waals surface area contributed by atoms with Gasteiger partial charge in [-0.1, -0.05) is 6.92 Å². The van der Waals surface area contributed by atoms with Gasteiger partial charge in [-0.05, 0) is 58.0 Å². The third kappa shape index (κ3) is 4.14. The van der Waals surface area contributed by atoms with E-state index in [2.05, 4.69) is 30.1 Å². The Kier molecular flexibility index (Phi) is 5.26. The van der Waals surface area contributed by atoms with Gasteiger partial charge in [-0.15, -0.1) is 0 Å². The van der Waals surface area contributed by atoms with E-state index >= 15 is 0 Å². The van der Waals surface area contributed by atoms with E-state index in [4.69, 9.17) is 4.42 Å². The highest BCUT2D eigenvalue weighted by molar-refractivity contribution is 5.00. The summed E-state index contributed by atoms with van der Waals surface area (Å²) in [4.78, 5) is 2.58. The minimum Gasteiger partial charge on any atom is -0.469 e. The molecule has 2 heterocycles. The van der Waals surface area contributed by atoms with Crippen molar-refractivity contribution in [2.75, 3.05) is 19.6 Å². The molecule has 102 valence electrons. The molecule has 1 aliphatic rings. The van der Waals surface area contributed by atoms with Gasteiger partial charge in [0.25, 0.3) is 0 Å². The lowest BCUT2D eigenvalue weighted by Crippen LogP contribution is -2.46. The smallest absolute Gasteiger partial charge is 0.105 e. The highest BCUT2D eigenvalue weighted by Gasteiger charge is 2.19. The highest BCUT2D eigenvalue weighted by Crippen LogP contribution is 2.12. The second-order valence-corrected chi connectivity index (χ2v) is 5.47. The van der Waals surface area contributed by atoms with Crippen LogP contribution in [0, 0.1) is 0 Å². The average Bonchev–Trinajstić information content (AvgIpc) is 2.84. The summed E-state index contributed by atoms with van der Waals surface area (Å²) in [5, 5.41) is 3.73. The zero-order valence-corrected chi connectivity index (χ0v) is 11.7. The van der Waals surface area contributed by atoms with Gasteiger partial charge in [0, 0.05) is 18.5 Å². The van der Waals surface area contributed by atoms with Gasteiger partial charge in [-0.2, -0.15) is 0 Å². The van der Waals surface area contributed by atoms with Crippen molar-refractivity contribution >= 4 is 0 Å². The number of hydrogen-bond acceptors (Lipinski definition) is 3. The monoisotopic (exact) mass is 250 g/mol. The third-order valence-corrected chi connectivity index (χ3v) is 3.74. The van der Waals surface area contributed by atoms with E-state index in [1.165, 1.54) is 38.9 Å². The van der Waals surface area contributed by atoms with E-state index in [-0.39, 0.29) is 0 Å². The Balaban J connectivity index is 1.68. The molecule has 2 rings (SSSR count). The fourth-order valence-corrected chi connectivity index (χ4v) is 2.83. The molecule has 0 aromatic carbocycles. The maximum absolute atomic E-state index is 5.39. The lowest BCUT2D eigenvalue weighted by Gasteiger charge is -2.33. The Bertz CT molecular complexity index is 315. The van der Waals surface area contributed by atoms with E-state index in [0.717, 1.165) is 12.2 Å². The topological polar surface area (TPSA) is 28.4 Å². The molecule has 3 nitrogen and oxygen atoms in total. The number of nitrogens with zero attached hydrogens (tertiary/aromatic N) is 1. The Morgan fingerprint density at radius 3 is 2.83 bits per heavy atom. The molecule has 1 aliphatic heterocycles. The number of rotatable bonds is 6.